The number of hydrogen-bond donors (Lipinski definition) is 2. The van der Waals surface area contributed by atoms with E-state index in [1.807, 2.05) is 24.5 Å². The molecule has 2 N–H and O–H groups in total. The first-order valence-corrected chi connectivity index (χ1v) is 10.4. The van der Waals surface area contributed by atoms with Crippen LogP contribution in [-0.4, -0.2) is 22.4 Å². The molecule has 0 aliphatic heterocycles. The maximum atomic E-state index is 13.6. The Bertz CT molecular complexity index is 930. The molecule has 0 fully saturated rings. The fourth-order valence-corrected chi connectivity index (χ4v) is 4.88. The van der Waals surface area contributed by atoms with Gasteiger partial charge in [0.1, 0.15) is 10.8 Å². The fourth-order valence-electron chi connectivity index (χ4n) is 2.27. The molecule has 0 aliphatic carbocycles. The number of rotatable bonds is 6. The smallest absolute Gasteiger partial charge is 0.405 e. The van der Waals surface area contributed by atoms with Gasteiger partial charge in [-0.1, -0.05) is 23.9 Å². The molecule has 0 spiro atoms. The van der Waals surface area contributed by atoms with Crippen LogP contribution in [0.4, 0.5) is 9.18 Å². The summed E-state index contributed by atoms with van der Waals surface area (Å²) in [5, 5.41) is 11.7. The molecule has 0 bridgehead atoms. The number of halogens is 1. The average Bonchev–Trinajstić information content (AvgIpc) is 3.07. The van der Waals surface area contributed by atoms with Gasteiger partial charge in [0.05, 0.1) is 17.0 Å². The first kappa shape index (κ1) is 18.8. The number of thiazole rings is 1. The molecule has 1 heterocycles. The summed E-state index contributed by atoms with van der Waals surface area (Å²) in [6, 6.07) is 12.7. The van der Waals surface area contributed by atoms with Crippen molar-refractivity contribution in [2.45, 2.75) is 20.5 Å². The number of hydrogen-bond acceptors (Lipinski definition) is 5. The summed E-state index contributed by atoms with van der Waals surface area (Å²) in [6.07, 6.45) is 2.67. The van der Waals surface area contributed by atoms with Gasteiger partial charge in [0.25, 0.3) is 0 Å². The molecule has 8 heteroatoms. The molecule has 0 unspecified atom stereocenters. The van der Waals surface area contributed by atoms with Crippen LogP contribution in [0.25, 0.3) is 11.1 Å². The maximum absolute atomic E-state index is 13.6. The summed E-state index contributed by atoms with van der Waals surface area (Å²) < 4.78 is 14.5. The van der Waals surface area contributed by atoms with Crippen LogP contribution in [-0.2, 0) is 6.54 Å². The molecular formula is C18H15FN2O2S3. The van der Waals surface area contributed by atoms with E-state index in [0.717, 1.165) is 25.1 Å². The van der Waals surface area contributed by atoms with Crippen molar-refractivity contribution in [1.82, 2.24) is 10.3 Å². The van der Waals surface area contributed by atoms with Crippen molar-refractivity contribution in [1.29, 1.82) is 0 Å². The topological polar surface area (TPSA) is 62.2 Å². The molecule has 0 saturated heterocycles. The number of nitrogens with one attached hydrogen (secondary N) is 1. The van der Waals surface area contributed by atoms with Crippen LogP contribution in [0, 0.1) is 5.82 Å². The van der Waals surface area contributed by atoms with Gasteiger partial charge < -0.3 is 10.4 Å². The summed E-state index contributed by atoms with van der Waals surface area (Å²) in [6.45, 7) is 0.194. The van der Waals surface area contributed by atoms with Crippen molar-refractivity contribution in [3.8, 4) is 11.1 Å². The van der Waals surface area contributed by atoms with Crippen molar-refractivity contribution < 1.29 is 14.3 Å². The minimum Gasteiger partial charge on any atom is -0.465 e. The summed E-state index contributed by atoms with van der Waals surface area (Å²) in [5.41, 5.74) is 1.79. The Morgan fingerprint density at radius 3 is 2.77 bits per heavy atom. The predicted octanol–water partition coefficient (Wildman–Crippen LogP) is 5.59. The number of carbonyl (C=O) groups is 1. The van der Waals surface area contributed by atoms with Crippen LogP contribution in [0.5, 0.6) is 0 Å². The molecule has 1 amide bonds. The van der Waals surface area contributed by atoms with Crippen LogP contribution < -0.4 is 5.32 Å². The van der Waals surface area contributed by atoms with E-state index in [9.17, 15) is 9.18 Å². The SMILES string of the molecule is CSc1cc(Sc2cnc(CNC(=O)O)s2)cc(-c2cccc(F)c2)c1. The number of aromatic nitrogens is 1. The van der Waals surface area contributed by atoms with E-state index >= 15 is 0 Å². The summed E-state index contributed by atoms with van der Waals surface area (Å²) >= 11 is 4.63. The Hall–Kier alpha value is -2.03. The molecule has 0 saturated carbocycles. The Kier molecular flexibility index (Phi) is 6.18. The normalized spacial score (nSPS) is 10.7. The van der Waals surface area contributed by atoms with Crippen LogP contribution in [0.1, 0.15) is 5.01 Å². The summed E-state index contributed by atoms with van der Waals surface area (Å²) in [5.74, 6) is -0.260. The molecule has 0 radical (unpaired) electrons. The lowest BCUT2D eigenvalue weighted by molar-refractivity contribution is 0.194. The standard InChI is InChI=1S/C18H15FN2O2S3/c1-24-14-6-12(11-3-2-4-13(19)5-11)7-15(8-14)25-17-10-20-16(26-17)9-21-18(22)23/h2-8,10,21H,9H2,1H3,(H,22,23). The second-order valence-electron chi connectivity index (χ2n) is 5.24. The molecule has 26 heavy (non-hydrogen) atoms. The van der Waals surface area contributed by atoms with E-state index < -0.39 is 6.09 Å². The number of carboxylic acid groups (broad SMARTS) is 1. The second-order valence-corrected chi connectivity index (χ2v) is 8.61. The molecule has 1 aromatic heterocycles. The van der Waals surface area contributed by atoms with E-state index in [1.165, 1.54) is 23.5 Å². The van der Waals surface area contributed by atoms with E-state index in [0.29, 0.717) is 5.01 Å². The molecule has 0 aliphatic rings. The number of nitrogens with zero attached hydrogens (tertiary/aromatic N) is 1. The zero-order valence-electron chi connectivity index (χ0n) is 13.7. The van der Waals surface area contributed by atoms with Crippen LogP contribution in [0.15, 0.2) is 62.7 Å². The van der Waals surface area contributed by atoms with Crippen LogP contribution >= 0.6 is 34.9 Å². The minimum absolute atomic E-state index is 0.194. The number of amides is 1. The maximum Gasteiger partial charge on any atom is 0.405 e. The number of thioether (sulfide) groups is 1. The van der Waals surface area contributed by atoms with E-state index in [4.69, 9.17) is 5.11 Å². The summed E-state index contributed by atoms with van der Waals surface area (Å²) in [4.78, 5) is 16.9. The van der Waals surface area contributed by atoms with Gasteiger partial charge in [-0.25, -0.2) is 14.2 Å². The first-order valence-electron chi connectivity index (χ1n) is 7.58. The minimum atomic E-state index is -1.07. The largest absolute Gasteiger partial charge is 0.465 e. The fraction of sp³-hybridized carbons (Fsp3) is 0.111. The highest BCUT2D eigenvalue weighted by Crippen LogP contribution is 2.37. The highest BCUT2D eigenvalue weighted by atomic mass is 32.2. The van der Waals surface area contributed by atoms with Crippen LogP contribution in [0.2, 0.25) is 0 Å². The van der Waals surface area contributed by atoms with Gasteiger partial charge >= 0.3 is 6.09 Å². The first-order chi connectivity index (χ1) is 12.5. The lowest BCUT2D eigenvalue weighted by Crippen LogP contribution is -2.19. The molecule has 3 aromatic rings. The molecule has 2 aromatic carbocycles. The lowest BCUT2D eigenvalue weighted by atomic mass is 10.1. The van der Waals surface area contributed by atoms with E-state index in [1.54, 1.807) is 35.8 Å². The molecule has 0 atom stereocenters. The van der Waals surface area contributed by atoms with Crippen molar-refractivity contribution in [2.75, 3.05) is 6.26 Å². The van der Waals surface area contributed by atoms with Gasteiger partial charge in [0.15, 0.2) is 0 Å². The second kappa shape index (κ2) is 8.57. The molecule has 134 valence electrons. The van der Waals surface area contributed by atoms with Crippen molar-refractivity contribution in [3.05, 3.63) is 59.5 Å². The zero-order chi connectivity index (χ0) is 18.5. The average molecular weight is 407 g/mol. The van der Waals surface area contributed by atoms with E-state index in [2.05, 4.69) is 16.4 Å². The lowest BCUT2D eigenvalue weighted by Gasteiger charge is -2.08. The van der Waals surface area contributed by atoms with Gasteiger partial charge in [0, 0.05) is 9.79 Å². The quantitative estimate of drug-likeness (QED) is 0.523. The Balaban J connectivity index is 1.83. The Labute approximate surface area is 162 Å². The molecular weight excluding hydrogens is 391 g/mol. The number of benzene rings is 2. The van der Waals surface area contributed by atoms with Crippen LogP contribution in [0.3, 0.4) is 0 Å². The van der Waals surface area contributed by atoms with Gasteiger partial charge in [-0.2, -0.15) is 0 Å². The highest BCUT2D eigenvalue weighted by Gasteiger charge is 2.09. The third-order valence-electron chi connectivity index (χ3n) is 3.42. The monoisotopic (exact) mass is 406 g/mol. The predicted molar refractivity (Wildman–Crippen MR) is 105 cm³/mol. The van der Waals surface area contributed by atoms with Crippen molar-refractivity contribution in [2.24, 2.45) is 0 Å². The highest BCUT2D eigenvalue weighted by molar-refractivity contribution is 8.01. The molecule has 3 rings (SSSR count). The Morgan fingerprint density at radius 2 is 2.04 bits per heavy atom. The van der Waals surface area contributed by atoms with E-state index in [-0.39, 0.29) is 12.4 Å². The summed E-state index contributed by atoms with van der Waals surface area (Å²) in [7, 11) is 0. The third-order valence-corrected chi connectivity index (χ3v) is 6.19. The molecule has 4 nitrogen and oxygen atoms in total. The van der Waals surface area contributed by atoms with Crippen molar-refractivity contribution >= 4 is 41.0 Å². The van der Waals surface area contributed by atoms with Gasteiger partial charge in [-0.05, 0) is 47.7 Å². The van der Waals surface area contributed by atoms with Gasteiger partial charge in [-0.3, -0.25) is 0 Å². The van der Waals surface area contributed by atoms with Gasteiger partial charge in [-0.15, -0.1) is 23.1 Å². The Morgan fingerprint density at radius 1 is 1.23 bits per heavy atom. The van der Waals surface area contributed by atoms with Crippen molar-refractivity contribution in [3.63, 3.8) is 0 Å². The van der Waals surface area contributed by atoms with Gasteiger partial charge in [0.2, 0.25) is 0 Å². The zero-order valence-corrected chi connectivity index (χ0v) is 16.2. The third kappa shape index (κ3) is 5.00.